The lowest BCUT2D eigenvalue weighted by molar-refractivity contribution is 0.743. The summed E-state index contributed by atoms with van der Waals surface area (Å²) >= 11 is 0. The molecule has 1 fully saturated rings. The fourth-order valence-electron chi connectivity index (χ4n) is 2.35. The second-order valence-corrected chi connectivity index (χ2v) is 4.87. The molecule has 1 aliphatic carbocycles. The standard InChI is InChI=1S/C15H19N3/c1-2-12-5-3-4-6-13(12)11-17-15-16-9-10-18(15)14-7-8-14/h3-6,9-10,14H,2,7-8,11H2,1H3,(H,16,17). The van der Waals surface area contributed by atoms with Crippen molar-refractivity contribution in [2.24, 2.45) is 0 Å². The number of nitrogens with one attached hydrogen (secondary N) is 1. The van der Waals surface area contributed by atoms with E-state index in [0.29, 0.717) is 6.04 Å². The third kappa shape index (κ3) is 2.26. The van der Waals surface area contributed by atoms with Crippen LogP contribution in [0.15, 0.2) is 36.7 Å². The van der Waals surface area contributed by atoms with Gasteiger partial charge in [0.2, 0.25) is 5.95 Å². The first-order valence-electron chi connectivity index (χ1n) is 6.72. The van der Waals surface area contributed by atoms with Crippen molar-refractivity contribution in [3.8, 4) is 0 Å². The van der Waals surface area contributed by atoms with E-state index in [-0.39, 0.29) is 0 Å². The van der Waals surface area contributed by atoms with E-state index in [1.807, 2.05) is 6.20 Å². The fourth-order valence-corrected chi connectivity index (χ4v) is 2.35. The van der Waals surface area contributed by atoms with E-state index in [0.717, 1.165) is 18.9 Å². The van der Waals surface area contributed by atoms with Gasteiger partial charge in [-0.1, -0.05) is 31.2 Å². The van der Waals surface area contributed by atoms with Gasteiger partial charge in [-0.25, -0.2) is 4.98 Å². The van der Waals surface area contributed by atoms with Crippen LogP contribution in [-0.4, -0.2) is 9.55 Å². The molecule has 1 saturated carbocycles. The van der Waals surface area contributed by atoms with Crippen molar-refractivity contribution in [2.45, 2.75) is 38.8 Å². The lowest BCUT2D eigenvalue weighted by Gasteiger charge is -2.11. The molecule has 0 spiro atoms. The third-order valence-corrected chi connectivity index (χ3v) is 3.55. The van der Waals surface area contributed by atoms with Crippen LogP contribution in [0.4, 0.5) is 5.95 Å². The van der Waals surface area contributed by atoms with E-state index in [9.17, 15) is 0 Å². The molecular formula is C15H19N3. The largest absolute Gasteiger partial charge is 0.352 e. The van der Waals surface area contributed by atoms with Gasteiger partial charge in [0.25, 0.3) is 0 Å². The van der Waals surface area contributed by atoms with Crippen LogP contribution in [0.2, 0.25) is 0 Å². The molecule has 0 aliphatic heterocycles. The van der Waals surface area contributed by atoms with Crippen molar-refractivity contribution >= 4 is 5.95 Å². The average molecular weight is 241 g/mol. The van der Waals surface area contributed by atoms with Gasteiger partial charge in [0.05, 0.1) is 0 Å². The molecule has 0 saturated heterocycles. The molecule has 1 aliphatic rings. The Morgan fingerprint density at radius 3 is 2.78 bits per heavy atom. The predicted molar refractivity (Wildman–Crippen MR) is 73.6 cm³/mol. The summed E-state index contributed by atoms with van der Waals surface area (Å²) in [6.07, 6.45) is 7.61. The topological polar surface area (TPSA) is 29.9 Å². The maximum absolute atomic E-state index is 4.40. The molecular weight excluding hydrogens is 222 g/mol. The predicted octanol–water partition coefficient (Wildman–Crippen LogP) is 3.39. The first-order valence-corrected chi connectivity index (χ1v) is 6.72. The second-order valence-electron chi connectivity index (χ2n) is 4.87. The molecule has 18 heavy (non-hydrogen) atoms. The number of imidazole rings is 1. The van der Waals surface area contributed by atoms with Crippen molar-refractivity contribution in [2.75, 3.05) is 5.32 Å². The highest BCUT2D eigenvalue weighted by Crippen LogP contribution is 2.36. The first-order chi connectivity index (χ1) is 8.88. The van der Waals surface area contributed by atoms with Crippen molar-refractivity contribution in [3.05, 3.63) is 47.8 Å². The zero-order chi connectivity index (χ0) is 12.4. The lowest BCUT2D eigenvalue weighted by atomic mass is 10.1. The summed E-state index contributed by atoms with van der Waals surface area (Å²) in [5.41, 5.74) is 2.78. The number of aryl methyl sites for hydroxylation is 1. The van der Waals surface area contributed by atoms with Crippen LogP contribution in [0.3, 0.4) is 0 Å². The van der Waals surface area contributed by atoms with E-state index in [4.69, 9.17) is 0 Å². The van der Waals surface area contributed by atoms with E-state index in [1.165, 1.54) is 24.0 Å². The Kier molecular flexibility index (Phi) is 3.05. The van der Waals surface area contributed by atoms with Crippen LogP contribution in [0.1, 0.15) is 36.9 Å². The van der Waals surface area contributed by atoms with Crippen molar-refractivity contribution in [3.63, 3.8) is 0 Å². The monoisotopic (exact) mass is 241 g/mol. The van der Waals surface area contributed by atoms with Crippen LogP contribution in [0.25, 0.3) is 0 Å². The molecule has 2 aromatic rings. The molecule has 1 aromatic heterocycles. The van der Waals surface area contributed by atoms with E-state index < -0.39 is 0 Å². The van der Waals surface area contributed by atoms with Gasteiger partial charge < -0.3 is 9.88 Å². The number of anilines is 1. The molecule has 94 valence electrons. The molecule has 0 unspecified atom stereocenters. The zero-order valence-electron chi connectivity index (χ0n) is 10.8. The number of rotatable bonds is 5. The Bertz CT molecular complexity index is 526. The number of aromatic nitrogens is 2. The number of hydrogen-bond donors (Lipinski definition) is 1. The molecule has 0 radical (unpaired) electrons. The van der Waals surface area contributed by atoms with Crippen LogP contribution in [0.5, 0.6) is 0 Å². The Labute approximate surface area is 108 Å². The number of benzene rings is 1. The lowest BCUT2D eigenvalue weighted by Crippen LogP contribution is -2.07. The Balaban J connectivity index is 1.71. The molecule has 3 rings (SSSR count). The van der Waals surface area contributed by atoms with Gasteiger partial charge in [0.1, 0.15) is 0 Å². The van der Waals surface area contributed by atoms with Gasteiger partial charge in [-0.3, -0.25) is 0 Å². The number of hydrogen-bond acceptors (Lipinski definition) is 2. The number of nitrogens with zero attached hydrogens (tertiary/aromatic N) is 2. The van der Waals surface area contributed by atoms with E-state index in [2.05, 4.69) is 52.3 Å². The Morgan fingerprint density at radius 1 is 1.28 bits per heavy atom. The van der Waals surface area contributed by atoms with Crippen molar-refractivity contribution in [1.82, 2.24) is 9.55 Å². The summed E-state index contributed by atoms with van der Waals surface area (Å²) in [7, 11) is 0. The minimum atomic E-state index is 0.677. The molecule has 0 bridgehead atoms. The molecule has 3 heteroatoms. The molecule has 0 atom stereocenters. The Hall–Kier alpha value is -1.77. The summed E-state index contributed by atoms with van der Waals surface area (Å²) in [5, 5.41) is 3.46. The molecule has 0 amide bonds. The van der Waals surface area contributed by atoms with E-state index in [1.54, 1.807) is 0 Å². The van der Waals surface area contributed by atoms with Crippen LogP contribution >= 0.6 is 0 Å². The molecule has 1 N–H and O–H groups in total. The van der Waals surface area contributed by atoms with Crippen LogP contribution in [0, 0.1) is 0 Å². The average Bonchev–Trinajstić information content (AvgIpc) is 3.16. The Morgan fingerprint density at radius 2 is 2.06 bits per heavy atom. The van der Waals surface area contributed by atoms with Gasteiger partial charge in [-0.2, -0.15) is 0 Å². The minimum absolute atomic E-state index is 0.677. The van der Waals surface area contributed by atoms with E-state index >= 15 is 0 Å². The SMILES string of the molecule is CCc1ccccc1CNc1nccn1C1CC1. The summed E-state index contributed by atoms with van der Waals surface area (Å²) < 4.78 is 2.26. The fraction of sp³-hybridized carbons (Fsp3) is 0.400. The summed E-state index contributed by atoms with van der Waals surface area (Å²) in [4.78, 5) is 4.40. The quantitative estimate of drug-likeness (QED) is 0.869. The summed E-state index contributed by atoms with van der Waals surface area (Å²) in [6.45, 7) is 3.05. The third-order valence-electron chi connectivity index (χ3n) is 3.55. The first kappa shape index (κ1) is 11.3. The van der Waals surface area contributed by atoms with Crippen molar-refractivity contribution in [1.29, 1.82) is 0 Å². The van der Waals surface area contributed by atoms with Gasteiger partial charge in [0.15, 0.2) is 0 Å². The summed E-state index contributed by atoms with van der Waals surface area (Å²) in [5.74, 6) is 1.00. The van der Waals surface area contributed by atoms with Gasteiger partial charge >= 0.3 is 0 Å². The molecule has 1 aromatic carbocycles. The van der Waals surface area contributed by atoms with Gasteiger partial charge in [-0.15, -0.1) is 0 Å². The molecule has 3 nitrogen and oxygen atoms in total. The molecule has 1 heterocycles. The van der Waals surface area contributed by atoms with Crippen LogP contribution in [-0.2, 0) is 13.0 Å². The van der Waals surface area contributed by atoms with Crippen LogP contribution < -0.4 is 5.32 Å². The minimum Gasteiger partial charge on any atom is -0.352 e. The van der Waals surface area contributed by atoms with Crippen molar-refractivity contribution < 1.29 is 0 Å². The second kappa shape index (κ2) is 4.84. The normalized spacial score (nSPS) is 14.7. The smallest absolute Gasteiger partial charge is 0.203 e. The maximum atomic E-state index is 4.40. The highest BCUT2D eigenvalue weighted by atomic mass is 15.2. The highest BCUT2D eigenvalue weighted by Gasteiger charge is 2.25. The maximum Gasteiger partial charge on any atom is 0.203 e. The zero-order valence-corrected chi connectivity index (χ0v) is 10.8. The summed E-state index contributed by atoms with van der Waals surface area (Å²) in [6, 6.07) is 9.27. The van der Waals surface area contributed by atoms with Gasteiger partial charge in [0, 0.05) is 25.0 Å². The highest BCUT2D eigenvalue weighted by molar-refractivity contribution is 5.34. The van der Waals surface area contributed by atoms with Gasteiger partial charge in [-0.05, 0) is 30.4 Å².